The molecular weight excluding hydrogens is 416 g/mol. The number of halogens is 1. The molecule has 8 heteroatoms. The van der Waals surface area contributed by atoms with Crippen molar-refractivity contribution in [2.45, 2.75) is 26.3 Å². The van der Waals surface area contributed by atoms with Crippen molar-refractivity contribution in [3.05, 3.63) is 64.7 Å². The molecule has 4 amide bonds. The van der Waals surface area contributed by atoms with Gasteiger partial charge in [0.15, 0.2) is 0 Å². The standard InChI is InChI=1S/C23H27ClN4O3/c1-16-6-3-7-18(14-16)21(29)25-17(2)22(30)27-10-5-11-28(13-12-27)23(31)26-20-9-4-8-19(24)15-20/h3-4,6-9,14-15,17H,5,10-13H2,1-2H3,(H,25,29)(H,26,31). The molecule has 0 aromatic heterocycles. The average Bonchev–Trinajstić information content (AvgIpc) is 2.99. The SMILES string of the molecule is Cc1cccc(C(=O)NC(C)C(=O)N2CCCN(C(=O)Nc3cccc(Cl)c3)CC2)c1. The number of urea groups is 1. The van der Waals surface area contributed by atoms with Gasteiger partial charge in [-0.2, -0.15) is 0 Å². The Labute approximate surface area is 187 Å². The molecule has 164 valence electrons. The summed E-state index contributed by atoms with van der Waals surface area (Å²) in [6.07, 6.45) is 0.660. The number of rotatable bonds is 4. The van der Waals surface area contributed by atoms with Crippen LogP contribution in [0.3, 0.4) is 0 Å². The second-order valence-corrected chi connectivity index (χ2v) is 8.11. The summed E-state index contributed by atoms with van der Waals surface area (Å²) >= 11 is 5.97. The summed E-state index contributed by atoms with van der Waals surface area (Å²) in [4.78, 5) is 41.3. The van der Waals surface area contributed by atoms with E-state index in [1.807, 2.05) is 19.1 Å². The number of carbonyl (C=O) groups is 3. The Morgan fingerprint density at radius 3 is 2.42 bits per heavy atom. The summed E-state index contributed by atoms with van der Waals surface area (Å²) in [5, 5.41) is 6.16. The third-order valence-electron chi connectivity index (χ3n) is 5.17. The smallest absolute Gasteiger partial charge is 0.321 e. The van der Waals surface area contributed by atoms with Crippen LogP contribution in [0.2, 0.25) is 5.02 Å². The van der Waals surface area contributed by atoms with Crippen molar-refractivity contribution in [2.75, 3.05) is 31.5 Å². The molecule has 1 aliphatic heterocycles. The summed E-state index contributed by atoms with van der Waals surface area (Å²) in [6, 6.07) is 13.3. The van der Waals surface area contributed by atoms with Gasteiger partial charge in [0, 0.05) is 42.5 Å². The summed E-state index contributed by atoms with van der Waals surface area (Å²) < 4.78 is 0. The molecule has 0 radical (unpaired) electrons. The zero-order chi connectivity index (χ0) is 22.4. The molecule has 1 saturated heterocycles. The van der Waals surface area contributed by atoms with Crippen molar-refractivity contribution in [1.82, 2.24) is 15.1 Å². The average molecular weight is 443 g/mol. The number of amides is 4. The Bertz CT molecular complexity index is 965. The topological polar surface area (TPSA) is 81.8 Å². The van der Waals surface area contributed by atoms with Gasteiger partial charge in [0.05, 0.1) is 0 Å². The summed E-state index contributed by atoms with van der Waals surface area (Å²) in [7, 11) is 0. The zero-order valence-corrected chi connectivity index (χ0v) is 18.5. The van der Waals surface area contributed by atoms with Crippen molar-refractivity contribution >= 4 is 35.1 Å². The number of hydrogen-bond donors (Lipinski definition) is 2. The van der Waals surface area contributed by atoms with Crippen LogP contribution in [0.15, 0.2) is 48.5 Å². The van der Waals surface area contributed by atoms with E-state index in [1.54, 1.807) is 53.1 Å². The van der Waals surface area contributed by atoms with Crippen LogP contribution in [0, 0.1) is 6.92 Å². The lowest BCUT2D eigenvalue weighted by molar-refractivity contribution is -0.132. The first kappa shape index (κ1) is 22.6. The van der Waals surface area contributed by atoms with E-state index in [2.05, 4.69) is 10.6 Å². The molecule has 3 rings (SSSR count). The Morgan fingerprint density at radius 2 is 1.68 bits per heavy atom. The molecule has 0 aliphatic carbocycles. The number of hydrogen-bond acceptors (Lipinski definition) is 3. The Kier molecular flexibility index (Phi) is 7.52. The molecule has 1 unspecified atom stereocenters. The fraction of sp³-hybridized carbons (Fsp3) is 0.348. The van der Waals surface area contributed by atoms with Gasteiger partial charge in [0.25, 0.3) is 5.91 Å². The van der Waals surface area contributed by atoms with Crippen LogP contribution in [-0.2, 0) is 4.79 Å². The van der Waals surface area contributed by atoms with Crippen LogP contribution in [0.4, 0.5) is 10.5 Å². The Balaban J connectivity index is 1.53. The number of nitrogens with zero attached hydrogens (tertiary/aromatic N) is 2. The van der Waals surface area contributed by atoms with E-state index in [0.717, 1.165) is 5.56 Å². The number of benzene rings is 2. The first-order chi connectivity index (χ1) is 14.8. The third kappa shape index (κ3) is 6.21. The number of carbonyl (C=O) groups excluding carboxylic acids is 3. The molecule has 1 heterocycles. The largest absolute Gasteiger partial charge is 0.341 e. The van der Waals surface area contributed by atoms with Gasteiger partial charge in [-0.25, -0.2) is 4.79 Å². The molecule has 2 aromatic carbocycles. The van der Waals surface area contributed by atoms with E-state index in [0.29, 0.717) is 48.9 Å². The maximum absolute atomic E-state index is 12.9. The van der Waals surface area contributed by atoms with Gasteiger partial charge in [-0.3, -0.25) is 9.59 Å². The van der Waals surface area contributed by atoms with Gasteiger partial charge < -0.3 is 20.4 Å². The normalized spacial score (nSPS) is 15.1. The maximum atomic E-state index is 12.9. The van der Waals surface area contributed by atoms with Gasteiger partial charge in [-0.1, -0.05) is 35.4 Å². The molecule has 2 N–H and O–H groups in total. The Hall–Kier alpha value is -3.06. The van der Waals surface area contributed by atoms with Crippen molar-refractivity contribution in [2.24, 2.45) is 0 Å². The van der Waals surface area contributed by atoms with Gasteiger partial charge in [-0.05, 0) is 50.6 Å². The number of aryl methyl sites for hydroxylation is 1. The molecule has 0 saturated carbocycles. The molecule has 1 fully saturated rings. The summed E-state index contributed by atoms with van der Waals surface area (Å²) in [5.74, 6) is -0.431. The van der Waals surface area contributed by atoms with E-state index in [-0.39, 0.29) is 17.8 Å². The highest BCUT2D eigenvalue weighted by atomic mass is 35.5. The minimum Gasteiger partial charge on any atom is -0.341 e. The van der Waals surface area contributed by atoms with Crippen LogP contribution >= 0.6 is 11.6 Å². The fourth-order valence-electron chi connectivity index (χ4n) is 3.51. The second-order valence-electron chi connectivity index (χ2n) is 7.67. The summed E-state index contributed by atoms with van der Waals surface area (Å²) in [6.45, 7) is 5.50. The molecule has 0 bridgehead atoms. The highest BCUT2D eigenvalue weighted by molar-refractivity contribution is 6.30. The van der Waals surface area contributed by atoms with Gasteiger partial charge >= 0.3 is 6.03 Å². The van der Waals surface area contributed by atoms with E-state index < -0.39 is 6.04 Å². The van der Waals surface area contributed by atoms with Gasteiger partial charge in [-0.15, -0.1) is 0 Å². The zero-order valence-electron chi connectivity index (χ0n) is 17.7. The van der Waals surface area contributed by atoms with Crippen LogP contribution in [0.25, 0.3) is 0 Å². The maximum Gasteiger partial charge on any atom is 0.321 e. The number of anilines is 1. The van der Waals surface area contributed by atoms with Crippen LogP contribution in [0.1, 0.15) is 29.3 Å². The number of nitrogens with one attached hydrogen (secondary N) is 2. The lowest BCUT2D eigenvalue weighted by Gasteiger charge is -2.25. The Morgan fingerprint density at radius 1 is 0.968 bits per heavy atom. The van der Waals surface area contributed by atoms with Crippen molar-refractivity contribution in [3.8, 4) is 0 Å². The monoisotopic (exact) mass is 442 g/mol. The lowest BCUT2D eigenvalue weighted by Crippen LogP contribution is -2.48. The minimum atomic E-state index is -0.653. The molecule has 31 heavy (non-hydrogen) atoms. The molecule has 1 atom stereocenters. The molecule has 7 nitrogen and oxygen atoms in total. The highest BCUT2D eigenvalue weighted by Crippen LogP contribution is 2.16. The summed E-state index contributed by atoms with van der Waals surface area (Å²) in [5.41, 5.74) is 2.14. The predicted octanol–water partition coefficient (Wildman–Crippen LogP) is 3.53. The molecule has 0 spiro atoms. The quantitative estimate of drug-likeness (QED) is 0.759. The van der Waals surface area contributed by atoms with E-state index in [4.69, 9.17) is 11.6 Å². The van der Waals surface area contributed by atoms with E-state index >= 15 is 0 Å². The first-order valence-electron chi connectivity index (χ1n) is 10.3. The van der Waals surface area contributed by atoms with Crippen molar-refractivity contribution in [1.29, 1.82) is 0 Å². The highest BCUT2D eigenvalue weighted by Gasteiger charge is 2.26. The van der Waals surface area contributed by atoms with Crippen LogP contribution < -0.4 is 10.6 Å². The first-order valence-corrected chi connectivity index (χ1v) is 10.7. The van der Waals surface area contributed by atoms with E-state index in [9.17, 15) is 14.4 Å². The van der Waals surface area contributed by atoms with Crippen LogP contribution in [-0.4, -0.2) is 59.9 Å². The van der Waals surface area contributed by atoms with Gasteiger partial charge in [0.2, 0.25) is 5.91 Å². The molecular formula is C23H27ClN4O3. The predicted molar refractivity (Wildman–Crippen MR) is 121 cm³/mol. The molecule has 1 aliphatic rings. The second kappa shape index (κ2) is 10.3. The minimum absolute atomic E-state index is 0.155. The van der Waals surface area contributed by atoms with E-state index in [1.165, 1.54) is 0 Å². The van der Waals surface area contributed by atoms with Crippen molar-refractivity contribution in [3.63, 3.8) is 0 Å². The van der Waals surface area contributed by atoms with Gasteiger partial charge in [0.1, 0.15) is 6.04 Å². The third-order valence-corrected chi connectivity index (χ3v) is 5.40. The fourth-order valence-corrected chi connectivity index (χ4v) is 3.70. The van der Waals surface area contributed by atoms with Crippen LogP contribution in [0.5, 0.6) is 0 Å². The molecule has 2 aromatic rings. The lowest BCUT2D eigenvalue weighted by atomic mass is 10.1. The van der Waals surface area contributed by atoms with Crippen molar-refractivity contribution < 1.29 is 14.4 Å².